The number of hydrogen-bond donors (Lipinski definition) is 1. The third-order valence-electron chi connectivity index (χ3n) is 2.96. The summed E-state index contributed by atoms with van der Waals surface area (Å²) in [4.78, 5) is 0. The Hall–Kier alpha value is -0.980. The standard InChI is InChI=1S/C13H19N/c1-9-5-6-11-10(7-8-14-11)12(9)13(2,3)4/h5-6,14H,7-8H2,1-4H3. The van der Waals surface area contributed by atoms with Gasteiger partial charge in [-0.05, 0) is 41.5 Å². The molecule has 0 radical (unpaired) electrons. The van der Waals surface area contributed by atoms with Crippen LogP contribution in [0.4, 0.5) is 5.69 Å². The van der Waals surface area contributed by atoms with Crippen molar-refractivity contribution < 1.29 is 0 Å². The fourth-order valence-electron chi connectivity index (χ4n) is 2.56. The second-order valence-corrected chi connectivity index (χ2v) is 5.21. The summed E-state index contributed by atoms with van der Waals surface area (Å²) >= 11 is 0. The molecular weight excluding hydrogens is 170 g/mol. The zero-order chi connectivity index (χ0) is 10.3. The van der Waals surface area contributed by atoms with Crippen molar-refractivity contribution in [3.8, 4) is 0 Å². The Morgan fingerprint density at radius 2 is 1.93 bits per heavy atom. The average molecular weight is 189 g/mol. The summed E-state index contributed by atoms with van der Waals surface area (Å²) in [6, 6.07) is 4.45. The molecule has 0 saturated heterocycles. The number of hydrogen-bond acceptors (Lipinski definition) is 1. The van der Waals surface area contributed by atoms with Crippen LogP contribution in [0.2, 0.25) is 0 Å². The lowest BCUT2D eigenvalue weighted by Crippen LogP contribution is -2.15. The molecule has 1 aromatic carbocycles. The van der Waals surface area contributed by atoms with Crippen molar-refractivity contribution in [2.75, 3.05) is 11.9 Å². The second kappa shape index (κ2) is 3.01. The third kappa shape index (κ3) is 1.41. The first kappa shape index (κ1) is 9.57. The van der Waals surface area contributed by atoms with Gasteiger partial charge < -0.3 is 5.32 Å². The van der Waals surface area contributed by atoms with Crippen molar-refractivity contribution in [2.45, 2.75) is 39.5 Å². The van der Waals surface area contributed by atoms with Crippen molar-refractivity contribution in [3.63, 3.8) is 0 Å². The van der Waals surface area contributed by atoms with Gasteiger partial charge in [0, 0.05) is 12.2 Å². The van der Waals surface area contributed by atoms with E-state index in [0.29, 0.717) is 0 Å². The van der Waals surface area contributed by atoms with Gasteiger partial charge >= 0.3 is 0 Å². The summed E-state index contributed by atoms with van der Waals surface area (Å²) < 4.78 is 0. The van der Waals surface area contributed by atoms with Crippen LogP contribution in [0.25, 0.3) is 0 Å². The lowest BCUT2D eigenvalue weighted by Gasteiger charge is -2.25. The monoisotopic (exact) mass is 189 g/mol. The molecule has 0 aliphatic carbocycles. The van der Waals surface area contributed by atoms with Gasteiger partial charge in [-0.3, -0.25) is 0 Å². The number of anilines is 1. The Bertz CT molecular complexity index is 358. The molecule has 2 rings (SSSR count). The van der Waals surface area contributed by atoms with E-state index in [1.807, 2.05) is 0 Å². The number of nitrogens with one attached hydrogen (secondary N) is 1. The van der Waals surface area contributed by atoms with E-state index in [4.69, 9.17) is 0 Å². The van der Waals surface area contributed by atoms with Crippen molar-refractivity contribution >= 4 is 5.69 Å². The van der Waals surface area contributed by atoms with E-state index in [1.54, 1.807) is 5.56 Å². The fraction of sp³-hybridized carbons (Fsp3) is 0.538. The van der Waals surface area contributed by atoms with Gasteiger partial charge in [-0.25, -0.2) is 0 Å². The first-order chi connectivity index (χ1) is 6.50. The molecule has 76 valence electrons. The maximum atomic E-state index is 3.44. The maximum absolute atomic E-state index is 3.44. The number of benzene rings is 1. The van der Waals surface area contributed by atoms with Gasteiger partial charge in [0.2, 0.25) is 0 Å². The van der Waals surface area contributed by atoms with Gasteiger partial charge in [0.15, 0.2) is 0 Å². The van der Waals surface area contributed by atoms with E-state index in [1.165, 1.54) is 23.2 Å². The molecule has 1 nitrogen and oxygen atoms in total. The molecule has 1 N–H and O–H groups in total. The van der Waals surface area contributed by atoms with Crippen LogP contribution in [-0.2, 0) is 11.8 Å². The van der Waals surface area contributed by atoms with E-state index >= 15 is 0 Å². The highest BCUT2D eigenvalue weighted by Crippen LogP contribution is 2.35. The summed E-state index contributed by atoms with van der Waals surface area (Å²) in [7, 11) is 0. The molecule has 1 heteroatoms. The lowest BCUT2D eigenvalue weighted by molar-refractivity contribution is 0.580. The summed E-state index contributed by atoms with van der Waals surface area (Å²) in [6.07, 6.45) is 1.18. The molecule has 0 atom stereocenters. The number of aryl methyl sites for hydroxylation is 1. The second-order valence-electron chi connectivity index (χ2n) is 5.21. The normalized spacial score (nSPS) is 15.1. The van der Waals surface area contributed by atoms with Crippen LogP contribution in [0.3, 0.4) is 0 Å². The lowest BCUT2D eigenvalue weighted by atomic mass is 9.80. The Kier molecular flexibility index (Phi) is 2.06. The molecule has 0 saturated carbocycles. The highest BCUT2D eigenvalue weighted by Gasteiger charge is 2.24. The summed E-state index contributed by atoms with van der Waals surface area (Å²) in [5.74, 6) is 0. The molecule has 0 aromatic heterocycles. The van der Waals surface area contributed by atoms with Gasteiger partial charge in [-0.2, -0.15) is 0 Å². The Balaban J connectivity index is 2.63. The maximum Gasteiger partial charge on any atom is 0.0376 e. The smallest absolute Gasteiger partial charge is 0.0376 e. The van der Waals surface area contributed by atoms with Crippen molar-refractivity contribution in [3.05, 3.63) is 28.8 Å². The number of fused-ring (bicyclic) bond motifs is 1. The van der Waals surface area contributed by atoms with Crippen LogP contribution < -0.4 is 5.32 Å². The van der Waals surface area contributed by atoms with Crippen molar-refractivity contribution in [2.24, 2.45) is 0 Å². The van der Waals surface area contributed by atoms with Gasteiger partial charge in [-0.1, -0.05) is 26.8 Å². The van der Waals surface area contributed by atoms with Gasteiger partial charge in [-0.15, -0.1) is 0 Å². The van der Waals surface area contributed by atoms with Crippen LogP contribution in [0.15, 0.2) is 12.1 Å². The summed E-state index contributed by atoms with van der Waals surface area (Å²) in [5.41, 5.74) is 6.12. The van der Waals surface area contributed by atoms with Gasteiger partial charge in [0.25, 0.3) is 0 Å². The minimum absolute atomic E-state index is 0.265. The molecular formula is C13H19N. The minimum atomic E-state index is 0.265. The molecule has 0 unspecified atom stereocenters. The van der Waals surface area contributed by atoms with Crippen molar-refractivity contribution in [1.29, 1.82) is 0 Å². The molecule has 0 fully saturated rings. The van der Waals surface area contributed by atoms with E-state index in [-0.39, 0.29) is 5.41 Å². The highest BCUT2D eigenvalue weighted by molar-refractivity contribution is 5.62. The van der Waals surface area contributed by atoms with Crippen LogP contribution in [0.5, 0.6) is 0 Å². The van der Waals surface area contributed by atoms with E-state index in [0.717, 1.165) is 6.54 Å². The molecule has 1 aliphatic heterocycles. The molecule has 0 amide bonds. The number of rotatable bonds is 0. The SMILES string of the molecule is Cc1ccc2c(c1C(C)(C)C)CCN2. The first-order valence-corrected chi connectivity index (χ1v) is 5.37. The molecule has 1 aromatic rings. The molecule has 1 aliphatic rings. The molecule has 0 bridgehead atoms. The molecule has 0 spiro atoms. The Morgan fingerprint density at radius 3 is 2.57 bits per heavy atom. The zero-order valence-corrected chi connectivity index (χ0v) is 9.57. The predicted molar refractivity (Wildman–Crippen MR) is 62.1 cm³/mol. The van der Waals surface area contributed by atoms with Gasteiger partial charge in [0.05, 0.1) is 0 Å². The third-order valence-corrected chi connectivity index (χ3v) is 2.96. The summed E-state index contributed by atoms with van der Waals surface area (Å²) in [6.45, 7) is 10.2. The Morgan fingerprint density at radius 1 is 1.21 bits per heavy atom. The minimum Gasteiger partial charge on any atom is -0.384 e. The fourth-order valence-corrected chi connectivity index (χ4v) is 2.56. The zero-order valence-electron chi connectivity index (χ0n) is 9.57. The summed E-state index contributed by atoms with van der Waals surface area (Å²) in [5, 5.41) is 3.44. The van der Waals surface area contributed by atoms with Gasteiger partial charge in [0.1, 0.15) is 0 Å². The van der Waals surface area contributed by atoms with Crippen LogP contribution in [-0.4, -0.2) is 6.54 Å². The van der Waals surface area contributed by atoms with Crippen LogP contribution in [0, 0.1) is 6.92 Å². The largest absolute Gasteiger partial charge is 0.384 e. The van der Waals surface area contributed by atoms with Crippen LogP contribution >= 0.6 is 0 Å². The van der Waals surface area contributed by atoms with E-state index in [9.17, 15) is 0 Å². The van der Waals surface area contributed by atoms with Crippen molar-refractivity contribution in [1.82, 2.24) is 0 Å². The topological polar surface area (TPSA) is 12.0 Å². The highest BCUT2D eigenvalue weighted by atomic mass is 14.9. The molecule has 14 heavy (non-hydrogen) atoms. The Labute approximate surface area is 86.5 Å². The quantitative estimate of drug-likeness (QED) is 0.660. The van der Waals surface area contributed by atoms with E-state index in [2.05, 4.69) is 45.1 Å². The molecule has 1 heterocycles. The van der Waals surface area contributed by atoms with E-state index < -0.39 is 0 Å². The van der Waals surface area contributed by atoms with Crippen LogP contribution in [0.1, 0.15) is 37.5 Å². The predicted octanol–water partition coefficient (Wildman–Crippen LogP) is 3.26. The average Bonchev–Trinajstić information content (AvgIpc) is 2.48. The first-order valence-electron chi connectivity index (χ1n) is 5.37.